The monoisotopic (exact) mass is 399 g/mol. The van der Waals surface area contributed by atoms with Gasteiger partial charge in [-0.2, -0.15) is 0 Å². The lowest BCUT2D eigenvalue weighted by atomic mass is 10.1. The number of pyridine rings is 1. The summed E-state index contributed by atoms with van der Waals surface area (Å²) in [5, 5.41) is 10.6. The molecule has 0 atom stereocenters. The van der Waals surface area contributed by atoms with Gasteiger partial charge in [0.2, 0.25) is 12.3 Å². The highest BCUT2D eigenvalue weighted by atomic mass is 16.4. The van der Waals surface area contributed by atoms with Gasteiger partial charge < -0.3 is 14.6 Å². The summed E-state index contributed by atoms with van der Waals surface area (Å²) in [6.45, 7) is 1.05. The Morgan fingerprint density at radius 1 is 1.00 bits per heavy atom. The summed E-state index contributed by atoms with van der Waals surface area (Å²) in [4.78, 5) is 19.0. The van der Waals surface area contributed by atoms with Gasteiger partial charge in [0.15, 0.2) is 0 Å². The van der Waals surface area contributed by atoms with Crippen LogP contribution in [0.4, 0.5) is 10.5 Å². The number of rotatable bonds is 7. The molecule has 2 aromatic heterocycles. The van der Waals surface area contributed by atoms with Crippen molar-refractivity contribution in [2.24, 2.45) is 0 Å². The lowest BCUT2D eigenvalue weighted by Gasteiger charge is -2.23. The summed E-state index contributed by atoms with van der Waals surface area (Å²) < 4.78 is 5.24. The van der Waals surface area contributed by atoms with Crippen LogP contribution in [0.5, 0.6) is 0 Å². The SMILES string of the molecule is O=C(Nc1cccc(-c2nnco2)c1)N(CCc1ccccc1)Cc1cccnc1. The fraction of sp³-hybridized carbons (Fsp3) is 0.130. The Morgan fingerprint density at radius 3 is 2.63 bits per heavy atom. The molecule has 0 saturated carbocycles. The van der Waals surface area contributed by atoms with Crippen molar-refractivity contribution in [3.63, 3.8) is 0 Å². The second kappa shape index (κ2) is 9.47. The first-order chi connectivity index (χ1) is 14.8. The Bertz CT molecular complexity index is 1070. The summed E-state index contributed by atoms with van der Waals surface area (Å²) in [5.74, 6) is 0.405. The van der Waals surface area contributed by atoms with Gasteiger partial charge in [-0.25, -0.2) is 4.79 Å². The molecule has 7 nitrogen and oxygen atoms in total. The molecule has 0 saturated heterocycles. The van der Waals surface area contributed by atoms with E-state index < -0.39 is 0 Å². The Balaban J connectivity index is 1.49. The molecule has 7 heteroatoms. The summed E-state index contributed by atoms with van der Waals surface area (Å²) in [6.07, 6.45) is 5.54. The number of nitrogens with zero attached hydrogens (tertiary/aromatic N) is 4. The summed E-state index contributed by atoms with van der Waals surface area (Å²) in [6, 6.07) is 21.1. The fourth-order valence-electron chi connectivity index (χ4n) is 3.10. The minimum atomic E-state index is -0.183. The van der Waals surface area contributed by atoms with E-state index >= 15 is 0 Å². The highest BCUT2D eigenvalue weighted by Gasteiger charge is 2.15. The van der Waals surface area contributed by atoms with Crippen molar-refractivity contribution >= 4 is 11.7 Å². The standard InChI is InChI=1S/C23H21N5O2/c29-23(26-21-10-4-9-20(14-21)22-27-25-17-30-22)28(16-19-8-5-12-24-15-19)13-11-18-6-2-1-3-7-18/h1-10,12,14-15,17H,11,13,16H2,(H,26,29). The number of anilines is 1. The summed E-state index contributed by atoms with van der Waals surface area (Å²) >= 11 is 0. The molecule has 2 amide bonds. The molecular formula is C23H21N5O2. The summed E-state index contributed by atoms with van der Waals surface area (Å²) in [5.41, 5.74) is 3.56. The van der Waals surface area contributed by atoms with Crippen LogP contribution in [0.2, 0.25) is 0 Å². The molecule has 0 aliphatic carbocycles. The first-order valence-corrected chi connectivity index (χ1v) is 9.63. The molecule has 0 aliphatic heterocycles. The van der Waals surface area contributed by atoms with Crippen molar-refractivity contribution in [1.29, 1.82) is 0 Å². The molecule has 0 fully saturated rings. The van der Waals surface area contributed by atoms with Gasteiger partial charge in [-0.3, -0.25) is 4.98 Å². The third-order valence-corrected chi connectivity index (χ3v) is 4.62. The molecule has 0 aliphatic rings. The molecular weight excluding hydrogens is 378 g/mol. The number of nitrogens with one attached hydrogen (secondary N) is 1. The summed E-state index contributed by atoms with van der Waals surface area (Å²) in [7, 11) is 0. The molecule has 30 heavy (non-hydrogen) atoms. The van der Waals surface area contributed by atoms with E-state index in [1.807, 2.05) is 54.6 Å². The van der Waals surface area contributed by atoms with Gasteiger partial charge in [-0.05, 0) is 41.8 Å². The minimum Gasteiger partial charge on any atom is -0.423 e. The predicted octanol–water partition coefficient (Wildman–Crippen LogP) is 4.41. The van der Waals surface area contributed by atoms with E-state index in [4.69, 9.17) is 4.42 Å². The Labute approximate surface area is 174 Å². The largest absolute Gasteiger partial charge is 0.423 e. The molecule has 0 unspecified atom stereocenters. The fourth-order valence-corrected chi connectivity index (χ4v) is 3.10. The van der Waals surface area contributed by atoms with Crippen molar-refractivity contribution in [2.45, 2.75) is 13.0 Å². The minimum absolute atomic E-state index is 0.183. The molecule has 0 bridgehead atoms. The Morgan fingerprint density at radius 2 is 1.87 bits per heavy atom. The van der Waals surface area contributed by atoms with Gasteiger partial charge in [-0.1, -0.05) is 42.5 Å². The normalized spacial score (nSPS) is 10.5. The van der Waals surface area contributed by atoms with Crippen LogP contribution in [-0.4, -0.2) is 32.7 Å². The van der Waals surface area contributed by atoms with Crippen LogP contribution in [-0.2, 0) is 13.0 Å². The quantitative estimate of drug-likeness (QED) is 0.498. The van der Waals surface area contributed by atoms with Gasteiger partial charge in [0.1, 0.15) is 0 Å². The average Bonchev–Trinajstić information content (AvgIpc) is 3.33. The van der Waals surface area contributed by atoms with Crippen LogP contribution in [0, 0.1) is 0 Å². The van der Waals surface area contributed by atoms with Gasteiger partial charge in [0.05, 0.1) is 0 Å². The first-order valence-electron chi connectivity index (χ1n) is 9.63. The van der Waals surface area contributed by atoms with E-state index in [0.29, 0.717) is 24.7 Å². The zero-order valence-corrected chi connectivity index (χ0v) is 16.3. The second-order valence-corrected chi connectivity index (χ2v) is 6.77. The average molecular weight is 399 g/mol. The maximum Gasteiger partial charge on any atom is 0.322 e. The number of hydrogen-bond donors (Lipinski definition) is 1. The second-order valence-electron chi connectivity index (χ2n) is 6.77. The van der Waals surface area contributed by atoms with Crippen LogP contribution in [0.15, 0.2) is 89.9 Å². The van der Waals surface area contributed by atoms with Gasteiger partial charge in [-0.15, -0.1) is 10.2 Å². The first kappa shape index (κ1) is 19.3. The van der Waals surface area contributed by atoms with Gasteiger partial charge in [0.25, 0.3) is 0 Å². The zero-order chi connectivity index (χ0) is 20.6. The Kier molecular flexibility index (Phi) is 6.10. The van der Waals surface area contributed by atoms with Crippen LogP contribution in [0.3, 0.4) is 0 Å². The van der Waals surface area contributed by atoms with E-state index in [-0.39, 0.29) is 6.03 Å². The number of benzene rings is 2. The lowest BCUT2D eigenvalue weighted by molar-refractivity contribution is 0.209. The van der Waals surface area contributed by atoms with E-state index in [0.717, 1.165) is 17.5 Å². The number of amides is 2. The van der Waals surface area contributed by atoms with E-state index in [1.165, 1.54) is 12.0 Å². The van der Waals surface area contributed by atoms with Crippen LogP contribution in [0.1, 0.15) is 11.1 Å². The van der Waals surface area contributed by atoms with Crippen LogP contribution >= 0.6 is 0 Å². The number of hydrogen-bond acceptors (Lipinski definition) is 5. The van der Waals surface area contributed by atoms with Crippen molar-refractivity contribution in [3.8, 4) is 11.5 Å². The maximum absolute atomic E-state index is 13.1. The molecule has 0 spiro atoms. The number of carbonyl (C=O) groups excluding carboxylic acids is 1. The molecule has 4 rings (SSSR count). The van der Waals surface area contributed by atoms with E-state index in [9.17, 15) is 4.79 Å². The molecule has 2 aromatic carbocycles. The highest BCUT2D eigenvalue weighted by Crippen LogP contribution is 2.21. The van der Waals surface area contributed by atoms with Crippen molar-refractivity contribution in [2.75, 3.05) is 11.9 Å². The van der Waals surface area contributed by atoms with E-state index in [1.54, 1.807) is 17.3 Å². The molecule has 2 heterocycles. The molecule has 0 radical (unpaired) electrons. The number of urea groups is 1. The van der Waals surface area contributed by atoms with Gasteiger partial charge in [0, 0.05) is 36.7 Å². The number of aromatic nitrogens is 3. The highest BCUT2D eigenvalue weighted by molar-refractivity contribution is 5.90. The zero-order valence-electron chi connectivity index (χ0n) is 16.3. The lowest BCUT2D eigenvalue weighted by Crippen LogP contribution is -2.36. The smallest absolute Gasteiger partial charge is 0.322 e. The van der Waals surface area contributed by atoms with Gasteiger partial charge >= 0.3 is 6.03 Å². The molecule has 150 valence electrons. The number of carbonyl (C=O) groups is 1. The van der Waals surface area contributed by atoms with Crippen LogP contribution in [0.25, 0.3) is 11.5 Å². The van der Waals surface area contributed by atoms with E-state index in [2.05, 4.69) is 32.6 Å². The van der Waals surface area contributed by atoms with Crippen molar-refractivity contribution in [3.05, 3.63) is 96.6 Å². The van der Waals surface area contributed by atoms with Crippen molar-refractivity contribution < 1.29 is 9.21 Å². The predicted molar refractivity (Wildman–Crippen MR) is 114 cm³/mol. The molecule has 4 aromatic rings. The topological polar surface area (TPSA) is 84.2 Å². The third kappa shape index (κ3) is 5.08. The Hall–Kier alpha value is -4.00. The van der Waals surface area contributed by atoms with Crippen LogP contribution < -0.4 is 5.32 Å². The maximum atomic E-state index is 13.1. The third-order valence-electron chi connectivity index (χ3n) is 4.62. The molecule has 1 N–H and O–H groups in total. The van der Waals surface area contributed by atoms with Crippen molar-refractivity contribution in [1.82, 2.24) is 20.1 Å².